The number of nitrogens with zero attached hydrogens (tertiary/aromatic N) is 2. The van der Waals surface area contributed by atoms with Gasteiger partial charge in [-0.05, 0) is 24.1 Å². The molecule has 0 radical (unpaired) electrons. The van der Waals surface area contributed by atoms with E-state index in [0.29, 0.717) is 6.42 Å². The lowest BCUT2D eigenvalue weighted by Crippen LogP contribution is -2.50. The molecule has 1 aromatic carbocycles. The summed E-state index contributed by atoms with van der Waals surface area (Å²) < 4.78 is 13.1. The van der Waals surface area contributed by atoms with E-state index < -0.39 is 5.92 Å². The number of benzene rings is 1. The zero-order valence-electron chi connectivity index (χ0n) is 11.2. The number of carbonyl (C=O) groups excluding carboxylic acids is 1. The van der Waals surface area contributed by atoms with Gasteiger partial charge in [-0.25, -0.2) is 9.38 Å². The molecule has 6 heteroatoms. The van der Waals surface area contributed by atoms with Crippen LogP contribution in [0.25, 0.3) is 0 Å². The van der Waals surface area contributed by atoms with Crippen molar-refractivity contribution >= 4 is 18.1 Å². The summed E-state index contributed by atoms with van der Waals surface area (Å²) in [7, 11) is 0. The molecule has 3 N–H and O–H groups in total. The van der Waals surface area contributed by atoms with Crippen LogP contribution < -0.4 is 11.1 Å². The van der Waals surface area contributed by atoms with Gasteiger partial charge in [0.25, 0.3) is 0 Å². The SMILES string of the molecule is NC1=NC(C2C=CN=CC2)C(c2ccc(F)cc2)C(=O)N1. The molecule has 0 saturated heterocycles. The van der Waals surface area contributed by atoms with Gasteiger partial charge in [-0.3, -0.25) is 15.1 Å². The minimum Gasteiger partial charge on any atom is -0.370 e. The normalized spacial score (nSPS) is 28.1. The van der Waals surface area contributed by atoms with Crippen LogP contribution in [0.3, 0.4) is 0 Å². The summed E-state index contributed by atoms with van der Waals surface area (Å²) in [4.78, 5) is 20.7. The van der Waals surface area contributed by atoms with Crippen molar-refractivity contribution in [3.05, 3.63) is 47.9 Å². The van der Waals surface area contributed by atoms with Crippen molar-refractivity contribution in [1.82, 2.24) is 5.32 Å². The predicted octanol–water partition coefficient (Wildman–Crippen LogP) is 1.33. The lowest BCUT2D eigenvalue weighted by atomic mass is 9.80. The van der Waals surface area contributed by atoms with Crippen LogP contribution in [0.2, 0.25) is 0 Å². The maximum absolute atomic E-state index is 13.1. The van der Waals surface area contributed by atoms with Crippen LogP contribution in [0.5, 0.6) is 0 Å². The highest BCUT2D eigenvalue weighted by atomic mass is 19.1. The topological polar surface area (TPSA) is 79.8 Å². The molecule has 2 aliphatic rings. The Morgan fingerprint density at radius 1 is 1.29 bits per heavy atom. The summed E-state index contributed by atoms with van der Waals surface area (Å²) in [6, 6.07) is 5.61. The maximum Gasteiger partial charge on any atom is 0.236 e. The maximum atomic E-state index is 13.1. The number of amides is 1. The Kier molecular flexibility index (Phi) is 3.51. The average molecular weight is 286 g/mol. The van der Waals surface area contributed by atoms with Crippen molar-refractivity contribution in [3.63, 3.8) is 0 Å². The third kappa shape index (κ3) is 2.69. The quantitative estimate of drug-likeness (QED) is 0.860. The van der Waals surface area contributed by atoms with Gasteiger partial charge in [0.15, 0.2) is 5.96 Å². The number of nitrogens with two attached hydrogens (primary N) is 1. The third-order valence-electron chi connectivity index (χ3n) is 3.73. The van der Waals surface area contributed by atoms with Crippen molar-refractivity contribution in [2.45, 2.75) is 18.4 Å². The summed E-state index contributed by atoms with van der Waals surface area (Å²) in [5.74, 6) is -0.866. The van der Waals surface area contributed by atoms with E-state index in [9.17, 15) is 9.18 Å². The second kappa shape index (κ2) is 5.47. The zero-order valence-corrected chi connectivity index (χ0v) is 11.2. The van der Waals surface area contributed by atoms with E-state index in [1.165, 1.54) is 12.1 Å². The van der Waals surface area contributed by atoms with Crippen LogP contribution in [0.4, 0.5) is 4.39 Å². The number of nitrogens with one attached hydrogen (secondary N) is 1. The van der Waals surface area contributed by atoms with Gasteiger partial charge < -0.3 is 5.73 Å². The molecule has 0 fully saturated rings. The van der Waals surface area contributed by atoms with E-state index in [2.05, 4.69) is 15.3 Å². The summed E-state index contributed by atoms with van der Waals surface area (Å²) in [5.41, 5.74) is 6.41. The monoisotopic (exact) mass is 286 g/mol. The summed E-state index contributed by atoms with van der Waals surface area (Å²) in [6.45, 7) is 0. The molecular weight excluding hydrogens is 271 g/mol. The largest absolute Gasteiger partial charge is 0.370 e. The summed E-state index contributed by atoms with van der Waals surface area (Å²) >= 11 is 0. The molecule has 1 aromatic rings. The number of carbonyl (C=O) groups is 1. The summed E-state index contributed by atoms with van der Waals surface area (Å²) in [6.07, 6.45) is 6.12. The number of rotatable bonds is 2. The number of aliphatic imine (C=N–C) groups is 2. The molecular formula is C15H15FN4O. The number of hydrogen-bond acceptors (Lipinski definition) is 4. The molecule has 3 unspecified atom stereocenters. The van der Waals surface area contributed by atoms with Gasteiger partial charge in [-0.15, -0.1) is 0 Å². The highest BCUT2D eigenvalue weighted by Gasteiger charge is 2.38. The lowest BCUT2D eigenvalue weighted by molar-refractivity contribution is -0.122. The summed E-state index contributed by atoms with van der Waals surface area (Å²) in [5, 5.41) is 2.55. The van der Waals surface area contributed by atoms with E-state index in [4.69, 9.17) is 5.73 Å². The van der Waals surface area contributed by atoms with E-state index in [-0.39, 0.29) is 29.6 Å². The predicted molar refractivity (Wildman–Crippen MR) is 78.4 cm³/mol. The minimum atomic E-state index is -0.487. The average Bonchev–Trinajstić information content (AvgIpc) is 2.49. The van der Waals surface area contributed by atoms with Crippen LogP contribution in [-0.4, -0.2) is 24.1 Å². The second-order valence-electron chi connectivity index (χ2n) is 5.10. The van der Waals surface area contributed by atoms with Gasteiger partial charge >= 0.3 is 0 Å². The highest BCUT2D eigenvalue weighted by molar-refractivity contribution is 6.02. The Labute approximate surface area is 121 Å². The fraction of sp³-hybridized carbons (Fsp3) is 0.267. The van der Waals surface area contributed by atoms with Gasteiger partial charge in [0.1, 0.15) is 5.82 Å². The van der Waals surface area contributed by atoms with E-state index in [1.807, 2.05) is 6.08 Å². The van der Waals surface area contributed by atoms with Crippen molar-refractivity contribution in [2.24, 2.45) is 21.6 Å². The van der Waals surface area contributed by atoms with Crippen LogP contribution in [0.15, 0.2) is 46.5 Å². The number of halogens is 1. The van der Waals surface area contributed by atoms with Crippen molar-refractivity contribution in [3.8, 4) is 0 Å². The molecule has 0 aliphatic carbocycles. The molecule has 3 rings (SSSR count). The Bertz CT molecular complexity index is 636. The molecule has 3 atom stereocenters. The Morgan fingerprint density at radius 3 is 2.71 bits per heavy atom. The number of guanidine groups is 1. The van der Waals surface area contributed by atoms with Gasteiger partial charge in [0.2, 0.25) is 5.91 Å². The smallest absolute Gasteiger partial charge is 0.236 e. The van der Waals surface area contributed by atoms with Crippen LogP contribution in [0, 0.1) is 11.7 Å². The molecule has 5 nitrogen and oxygen atoms in total. The first-order valence-electron chi connectivity index (χ1n) is 6.73. The van der Waals surface area contributed by atoms with Gasteiger partial charge in [-0.2, -0.15) is 0 Å². The molecule has 2 heterocycles. The van der Waals surface area contributed by atoms with E-state index in [0.717, 1.165) is 5.56 Å². The molecule has 0 spiro atoms. The molecule has 0 saturated carbocycles. The molecule has 21 heavy (non-hydrogen) atoms. The Morgan fingerprint density at radius 2 is 2.05 bits per heavy atom. The first kappa shape index (κ1) is 13.5. The van der Waals surface area contributed by atoms with Crippen molar-refractivity contribution in [2.75, 3.05) is 0 Å². The lowest BCUT2D eigenvalue weighted by Gasteiger charge is -2.32. The molecule has 1 amide bonds. The molecule has 0 aromatic heterocycles. The zero-order chi connectivity index (χ0) is 14.8. The van der Waals surface area contributed by atoms with E-state index >= 15 is 0 Å². The molecule has 0 bridgehead atoms. The second-order valence-corrected chi connectivity index (χ2v) is 5.10. The third-order valence-corrected chi connectivity index (χ3v) is 3.73. The van der Waals surface area contributed by atoms with Gasteiger partial charge in [0, 0.05) is 18.3 Å². The fourth-order valence-electron chi connectivity index (χ4n) is 2.72. The fourth-order valence-corrected chi connectivity index (χ4v) is 2.72. The molecule has 108 valence electrons. The standard InChI is InChI=1S/C15H15FN4O/c16-11-3-1-9(2-4-11)12-13(10-5-7-18-8-6-10)19-15(17)20-14(12)21/h1-5,7-8,10,12-13H,6H2,(H3,17,19,20,21). The van der Waals surface area contributed by atoms with Gasteiger partial charge in [-0.1, -0.05) is 18.2 Å². The van der Waals surface area contributed by atoms with Crippen LogP contribution in [0.1, 0.15) is 17.9 Å². The number of hydrogen-bond donors (Lipinski definition) is 2. The highest BCUT2D eigenvalue weighted by Crippen LogP contribution is 2.32. The van der Waals surface area contributed by atoms with Gasteiger partial charge in [0.05, 0.1) is 12.0 Å². The first-order chi connectivity index (χ1) is 10.1. The molecule has 2 aliphatic heterocycles. The van der Waals surface area contributed by atoms with E-state index in [1.54, 1.807) is 24.5 Å². The van der Waals surface area contributed by atoms with Crippen LogP contribution in [-0.2, 0) is 4.79 Å². The Balaban J connectivity index is 1.98. The first-order valence-corrected chi connectivity index (χ1v) is 6.73. The Hall–Kier alpha value is -2.50. The van der Waals surface area contributed by atoms with Crippen molar-refractivity contribution in [1.29, 1.82) is 0 Å². The minimum absolute atomic E-state index is 0.0437. The van der Waals surface area contributed by atoms with Crippen molar-refractivity contribution < 1.29 is 9.18 Å². The van der Waals surface area contributed by atoms with Crippen LogP contribution >= 0.6 is 0 Å².